The quantitative estimate of drug-likeness (QED) is 0.594. The molecule has 2 N–H and O–H groups in total. The molecule has 2 unspecified atom stereocenters. The predicted octanol–water partition coefficient (Wildman–Crippen LogP) is 3.55. The smallest absolute Gasteiger partial charge is 0.303 e. The summed E-state index contributed by atoms with van der Waals surface area (Å²) in [6.07, 6.45) is 6.28. The van der Waals surface area contributed by atoms with Gasteiger partial charge in [0.15, 0.2) is 0 Å². The van der Waals surface area contributed by atoms with Gasteiger partial charge in [-0.05, 0) is 24.7 Å². The Morgan fingerprint density at radius 2 is 1.22 bits per heavy atom. The minimum Gasteiger partial charge on any atom is -0.481 e. The van der Waals surface area contributed by atoms with Crippen LogP contribution < -0.4 is 0 Å². The lowest BCUT2D eigenvalue weighted by atomic mass is 9.93. The van der Waals surface area contributed by atoms with Crippen LogP contribution in [0.2, 0.25) is 0 Å². The van der Waals surface area contributed by atoms with E-state index in [1.165, 1.54) is 0 Å². The first-order valence-electron chi connectivity index (χ1n) is 6.85. The molecule has 0 aliphatic rings. The van der Waals surface area contributed by atoms with Crippen molar-refractivity contribution in [3.8, 4) is 0 Å². The molecule has 18 heavy (non-hydrogen) atoms. The highest BCUT2D eigenvalue weighted by Crippen LogP contribution is 2.19. The van der Waals surface area contributed by atoms with Gasteiger partial charge in [0.05, 0.1) is 0 Å². The third-order valence-electron chi connectivity index (χ3n) is 3.33. The Hall–Kier alpha value is -1.06. The summed E-state index contributed by atoms with van der Waals surface area (Å²) in [5.41, 5.74) is 0. The third kappa shape index (κ3) is 11.4. The van der Waals surface area contributed by atoms with Gasteiger partial charge in [-0.25, -0.2) is 0 Å². The van der Waals surface area contributed by atoms with E-state index in [2.05, 4.69) is 13.8 Å². The van der Waals surface area contributed by atoms with Crippen LogP contribution in [0.15, 0.2) is 0 Å². The van der Waals surface area contributed by atoms with Crippen LogP contribution >= 0.6 is 0 Å². The number of carboxylic acid groups (broad SMARTS) is 2. The van der Waals surface area contributed by atoms with Crippen molar-refractivity contribution >= 4 is 11.9 Å². The molecule has 0 aliphatic heterocycles. The van der Waals surface area contributed by atoms with Crippen LogP contribution in [0.25, 0.3) is 0 Å². The fourth-order valence-electron chi connectivity index (χ4n) is 2.08. The second-order valence-electron chi connectivity index (χ2n) is 5.36. The Kier molecular flexibility index (Phi) is 9.33. The zero-order chi connectivity index (χ0) is 14.0. The lowest BCUT2D eigenvalue weighted by molar-refractivity contribution is -0.138. The highest BCUT2D eigenvalue weighted by Gasteiger charge is 2.08. The van der Waals surface area contributed by atoms with Gasteiger partial charge < -0.3 is 10.2 Å². The van der Waals surface area contributed by atoms with Gasteiger partial charge in [-0.2, -0.15) is 0 Å². The van der Waals surface area contributed by atoms with Crippen molar-refractivity contribution in [2.45, 2.75) is 65.2 Å². The summed E-state index contributed by atoms with van der Waals surface area (Å²) >= 11 is 0. The molecular formula is C14H26O4. The largest absolute Gasteiger partial charge is 0.481 e. The van der Waals surface area contributed by atoms with Gasteiger partial charge >= 0.3 is 11.9 Å². The topological polar surface area (TPSA) is 74.6 Å². The molecule has 4 heteroatoms. The van der Waals surface area contributed by atoms with E-state index in [1.807, 2.05) is 0 Å². The van der Waals surface area contributed by atoms with E-state index in [-0.39, 0.29) is 12.8 Å². The molecule has 0 aromatic heterocycles. The molecule has 2 atom stereocenters. The molecule has 0 aromatic carbocycles. The lowest BCUT2D eigenvalue weighted by Crippen LogP contribution is -2.03. The summed E-state index contributed by atoms with van der Waals surface area (Å²) in [5, 5.41) is 17.1. The van der Waals surface area contributed by atoms with E-state index in [0.717, 1.165) is 38.5 Å². The first-order valence-corrected chi connectivity index (χ1v) is 6.85. The number of carbonyl (C=O) groups is 2. The molecule has 0 saturated carbocycles. The summed E-state index contributed by atoms with van der Waals surface area (Å²) in [7, 11) is 0. The highest BCUT2D eigenvalue weighted by atomic mass is 16.4. The Morgan fingerprint density at radius 1 is 0.778 bits per heavy atom. The van der Waals surface area contributed by atoms with Crippen LogP contribution in [0.4, 0.5) is 0 Å². The van der Waals surface area contributed by atoms with Gasteiger partial charge in [0.25, 0.3) is 0 Å². The van der Waals surface area contributed by atoms with E-state index >= 15 is 0 Å². The van der Waals surface area contributed by atoms with Gasteiger partial charge in [0.2, 0.25) is 0 Å². The Bertz CT molecular complexity index is 250. The minimum absolute atomic E-state index is 0.259. The molecule has 0 heterocycles. The summed E-state index contributed by atoms with van der Waals surface area (Å²) in [6.45, 7) is 4.25. The number of aliphatic carboxylic acids is 2. The average molecular weight is 258 g/mol. The minimum atomic E-state index is -0.719. The number of hydrogen-bond donors (Lipinski definition) is 2. The molecule has 0 fully saturated rings. The van der Waals surface area contributed by atoms with Crippen molar-refractivity contribution in [3.63, 3.8) is 0 Å². The summed E-state index contributed by atoms with van der Waals surface area (Å²) in [5.74, 6) is -0.406. The zero-order valence-corrected chi connectivity index (χ0v) is 11.5. The Labute approximate surface area is 109 Å². The highest BCUT2D eigenvalue weighted by molar-refractivity contribution is 5.66. The summed E-state index contributed by atoms with van der Waals surface area (Å²) in [4.78, 5) is 20.8. The monoisotopic (exact) mass is 258 g/mol. The van der Waals surface area contributed by atoms with Crippen molar-refractivity contribution in [1.82, 2.24) is 0 Å². The molecule has 0 bridgehead atoms. The van der Waals surface area contributed by atoms with Crippen LogP contribution in [0.5, 0.6) is 0 Å². The molecule has 0 rings (SSSR count). The number of hydrogen-bond acceptors (Lipinski definition) is 2. The first kappa shape index (κ1) is 16.9. The van der Waals surface area contributed by atoms with E-state index < -0.39 is 11.9 Å². The van der Waals surface area contributed by atoms with Crippen molar-refractivity contribution in [1.29, 1.82) is 0 Å². The lowest BCUT2D eigenvalue weighted by Gasteiger charge is -2.13. The molecular weight excluding hydrogens is 232 g/mol. The van der Waals surface area contributed by atoms with Crippen LogP contribution in [0, 0.1) is 11.8 Å². The first-order chi connectivity index (χ1) is 8.41. The van der Waals surface area contributed by atoms with Crippen LogP contribution in [0.3, 0.4) is 0 Å². The van der Waals surface area contributed by atoms with E-state index in [0.29, 0.717) is 11.8 Å². The third-order valence-corrected chi connectivity index (χ3v) is 3.33. The van der Waals surface area contributed by atoms with Crippen LogP contribution in [-0.2, 0) is 9.59 Å². The van der Waals surface area contributed by atoms with E-state index in [4.69, 9.17) is 10.2 Å². The molecule has 0 spiro atoms. The fraction of sp³-hybridized carbons (Fsp3) is 0.857. The van der Waals surface area contributed by atoms with Crippen molar-refractivity contribution in [2.24, 2.45) is 11.8 Å². The average Bonchev–Trinajstić information content (AvgIpc) is 2.25. The molecule has 0 saturated heterocycles. The molecule has 0 amide bonds. The van der Waals surface area contributed by atoms with Crippen molar-refractivity contribution < 1.29 is 19.8 Å². The normalized spacial score (nSPS) is 14.1. The summed E-state index contributed by atoms with van der Waals surface area (Å²) in [6, 6.07) is 0. The van der Waals surface area contributed by atoms with Gasteiger partial charge in [0, 0.05) is 12.8 Å². The fourth-order valence-corrected chi connectivity index (χ4v) is 2.08. The zero-order valence-electron chi connectivity index (χ0n) is 11.5. The Morgan fingerprint density at radius 3 is 1.72 bits per heavy atom. The van der Waals surface area contributed by atoms with Gasteiger partial charge in [-0.15, -0.1) is 0 Å². The van der Waals surface area contributed by atoms with E-state index in [1.54, 1.807) is 0 Å². The van der Waals surface area contributed by atoms with Crippen LogP contribution in [-0.4, -0.2) is 22.2 Å². The van der Waals surface area contributed by atoms with Crippen LogP contribution in [0.1, 0.15) is 65.2 Å². The maximum Gasteiger partial charge on any atom is 0.303 e. The second kappa shape index (κ2) is 9.92. The van der Waals surface area contributed by atoms with Gasteiger partial charge in [0.1, 0.15) is 0 Å². The van der Waals surface area contributed by atoms with Crippen molar-refractivity contribution in [3.05, 3.63) is 0 Å². The SMILES string of the molecule is CC(CCCC(=O)O)CCCC(C)CCC(=O)O. The molecule has 0 radical (unpaired) electrons. The number of rotatable bonds is 11. The maximum absolute atomic E-state index is 10.4. The maximum atomic E-state index is 10.4. The summed E-state index contributed by atoms with van der Waals surface area (Å²) < 4.78 is 0. The molecule has 0 aliphatic carbocycles. The van der Waals surface area contributed by atoms with Gasteiger partial charge in [-0.3, -0.25) is 9.59 Å². The van der Waals surface area contributed by atoms with E-state index in [9.17, 15) is 9.59 Å². The molecule has 0 aromatic rings. The Balaban J connectivity index is 3.46. The molecule has 106 valence electrons. The molecule has 4 nitrogen and oxygen atoms in total. The number of carboxylic acids is 2. The van der Waals surface area contributed by atoms with Gasteiger partial charge in [-0.1, -0.05) is 39.5 Å². The van der Waals surface area contributed by atoms with Crippen molar-refractivity contribution in [2.75, 3.05) is 0 Å². The standard InChI is InChI=1S/C14H26O4/c1-11(7-4-8-13(15)16)5-3-6-12(2)9-10-14(17)18/h11-12H,3-10H2,1-2H3,(H,15,16)(H,17,18). The second-order valence-corrected chi connectivity index (χ2v) is 5.36. The predicted molar refractivity (Wildman–Crippen MR) is 70.5 cm³/mol.